The van der Waals surface area contributed by atoms with Crippen LogP contribution in [0.5, 0.6) is 0 Å². The van der Waals surface area contributed by atoms with Gasteiger partial charge in [0.05, 0.1) is 0 Å². The predicted octanol–water partition coefficient (Wildman–Crippen LogP) is 1.71. The van der Waals surface area contributed by atoms with Gasteiger partial charge in [-0.25, -0.2) is 0 Å². The second kappa shape index (κ2) is 5.18. The Morgan fingerprint density at radius 3 is 2.70 bits per heavy atom. The summed E-state index contributed by atoms with van der Waals surface area (Å²) in [5, 5.41) is 3.49. The van der Waals surface area contributed by atoms with Crippen molar-refractivity contribution in [1.29, 1.82) is 0 Å². The second-order valence-corrected chi connectivity index (χ2v) is 2.11. The Labute approximate surface area is 67.2 Å². The molecule has 0 aliphatic rings. The van der Waals surface area contributed by atoms with Gasteiger partial charge in [-0.15, -0.1) is 0 Å². The molecule has 0 unspecified atom stereocenters. The molecule has 0 saturated heterocycles. The van der Waals surface area contributed by atoms with Gasteiger partial charge < -0.3 is 10.2 Å². The van der Waals surface area contributed by atoms with E-state index in [2.05, 4.69) is 11.9 Å². The maximum Gasteiger partial charge on any atom is 0.124 e. The second-order valence-electron chi connectivity index (χ2n) is 1.72. The van der Waals surface area contributed by atoms with Crippen molar-refractivity contribution >= 4 is 11.6 Å². The molecule has 1 N–H and O–H groups in total. The lowest BCUT2D eigenvalue weighted by Crippen LogP contribution is -2.13. The zero-order valence-corrected chi connectivity index (χ0v) is 7.15. The van der Waals surface area contributed by atoms with E-state index in [0.29, 0.717) is 5.16 Å². The summed E-state index contributed by atoms with van der Waals surface area (Å²) < 4.78 is 0. The molecule has 0 aromatic heterocycles. The van der Waals surface area contributed by atoms with Crippen LogP contribution >= 0.6 is 11.6 Å². The van der Waals surface area contributed by atoms with E-state index in [0.717, 1.165) is 6.54 Å². The minimum Gasteiger partial charge on any atom is -0.392 e. The molecule has 3 heteroatoms. The van der Waals surface area contributed by atoms with Gasteiger partial charge >= 0.3 is 0 Å². The van der Waals surface area contributed by atoms with Crippen molar-refractivity contribution in [1.82, 2.24) is 10.2 Å². The van der Waals surface area contributed by atoms with Crippen LogP contribution in [0.3, 0.4) is 0 Å². The fourth-order valence-corrected chi connectivity index (χ4v) is 0.867. The fourth-order valence-electron chi connectivity index (χ4n) is 0.569. The average molecular weight is 161 g/mol. The van der Waals surface area contributed by atoms with Gasteiger partial charge in [-0.05, 0) is 13.1 Å². The van der Waals surface area contributed by atoms with Crippen LogP contribution in [-0.4, -0.2) is 18.5 Å². The lowest BCUT2D eigenvalue weighted by Gasteiger charge is -2.15. The Morgan fingerprint density at radius 2 is 2.40 bits per heavy atom. The van der Waals surface area contributed by atoms with E-state index >= 15 is 0 Å². The van der Waals surface area contributed by atoms with Gasteiger partial charge in [0.1, 0.15) is 5.16 Å². The Morgan fingerprint density at radius 1 is 1.80 bits per heavy atom. The molecule has 0 radical (unpaired) electrons. The average Bonchev–Trinajstić information content (AvgIpc) is 1.91. The van der Waals surface area contributed by atoms with E-state index in [4.69, 9.17) is 11.6 Å². The summed E-state index contributed by atoms with van der Waals surface area (Å²) in [6, 6.07) is 0. The van der Waals surface area contributed by atoms with Gasteiger partial charge in [-0.1, -0.05) is 18.2 Å². The molecule has 58 valence electrons. The van der Waals surface area contributed by atoms with Gasteiger partial charge in [0.15, 0.2) is 0 Å². The third-order valence-corrected chi connectivity index (χ3v) is 1.43. The first-order chi connectivity index (χ1) is 4.76. The van der Waals surface area contributed by atoms with Crippen molar-refractivity contribution in [3.05, 3.63) is 24.1 Å². The maximum atomic E-state index is 5.80. The van der Waals surface area contributed by atoms with Crippen LogP contribution in [0.15, 0.2) is 24.1 Å². The van der Waals surface area contributed by atoms with Crippen LogP contribution in [0.4, 0.5) is 0 Å². The highest BCUT2D eigenvalue weighted by atomic mass is 35.5. The number of hydrogen-bond donors (Lipinski definition) is 1. The highest BCUT2D eigenvalue weighted by molar-refractivity contribution is 6.29. The molecule has 0 aliphatic heterocycles. The summed E-state index contributed by atoms with van der Waals surface area (Å²) in [6.45, 7) is 6.45. The molecule has 0 heterocycles. The van der Waals surface area contributed by atoms with E-state index < -0.39 is 0 Å². The molecule has 0 aliphatic carbocycles. The zero-order valence-electron chi connectivity index (χ0n) is 6.39. The maximum absolute atomic E-state index is 5.80. The van der Waals surface area contributed by atoms with Crippen LogP contribution < -0.4 is 5.32 Å². The Kier molecular flexibility index (Phi) is 4.85. The molecule has 2 nitrogen and oxygen atoms in total. The molecule has 0 atom stereocenters. The van der Waals surface area contributed by atoms with Gasteiger partial charge in [-0.2, -0.15) is 0 Å². The quantitative estimate of drug-likeness (QED) is 0.630. The molecular weight excluding hydrogens is 148 g/mol. The van der Waals surface area contributed by atoms with Crippen LogP contribution in [-0.2, 0) is 0 Å². The van der Waals surface area contributed by atoms with Crippen molar-refractivity contribution in [2.45, 2.75) is 6.92 Å². The highest BCUT2D eigenvalue weighted by Gasteiger charge is 1.96. The van der Waals surface area contributed by atoms with Crippen LogP contribution in [0, 0.1) is 0 Å². The number of halogens is 1. The summed E-state index contributed by atoms with van der Waals surface area (Å²) in [5.41, 5.74) is 0. The van der Waals surface area contributed by atoms with E-state index in [1.807, 2.05) is 11.8 Å². The minimum atomic E-state index is 0.653. The topological polar surface area (TPSA) is 15.3 Å². The van der Waals surface area contributed by atoms with Gasteiger partial charge in [0.25, 0.3) is 0 Å². The molecule has 10 heavy (non-hydrogen) atoms. The fraction of sp³-hybridized carbons (Fsp3) is 0.429. The number of hydrogen-bond acceptors (Lipinski definition) is 2. The Bertz CT molecular complexity index is 132. The summed E-state index contributed by atoms with van der Waals surface area (Å²) in [6.07, 6.45) is 3.41. The summed E-state index contributed by atoms with van der Waals surface area (Å²) in [7, 11) is 1.80. The normalized spacial score (nSPS) is 10.9. The van der Waals surface area contributed by atoms with Crippen LogP contribution in [0.25, 0.3) is 0 Å². The van der Waals surface area contributed by atoms with Crippen molar-refractivity contribution < 1.29 is 0 Å². The number of nitrogens with one attached hydrogen (secondary N) is 1. The first-order valence-electron chi connectivity index (χ1n) is 3.18. The smallest absolute Gasteiger partial charge is 0.124 e. The molecule has 0 bridgehead atoms. The highest BCUT2D eigenvalue weighted by Crippen LogP contribution is 2.06. The minimum absolute atomic E-state index is 0.653. The van der Waals surface area contributed by atoms with Crippen molar-refractivity contribution in [3.63, 3.8) is 0 Å². The summed E-state index contributed by atoms with van der Waals surface area (Å²) in [5.74, 6) is 0. The molecule has 0 rings (SSSR count). The standard InChI is InChI=1S/C7H13ClN2/c1-4-10(5-2)7(8)6-9-3/h4,6,9H,1,5H2,2-3H3. The molecule has 0 fully saturated rings. The first-order valence-corrected chi connectivity index (χ1v) is 3.56. The number of rotatable bonds is 4. The van der Waals surface area contributed by atoms with Crippen molar-refractivity contribution in [2.24, 2.45) is 0 Å². The van der Waals surface area contributed by atoms with Crippen LogP contribution in [0.1, 0.15) is 6.92 Å². The van der Waals surface area contributed by atoms with Gasteiger partial charge in [0.2, 0.25) is 0 Å². The predicted molar refractivity (Wildman–Crippen MR) is 45.6 cm³/mol. The lowest BCUT2D eigenvalue weighted by molar-refractivity contribution is 0.520. The van der Waals surface area contributed by atoms with E-state index in [1.54, 1.807) is 19.4 Å². The zero-order chi connectivity index (χ0) is 7.98. The lowest BCUT2D eigenvalue weighted by atomic mass is 10.6. The molecular formula is C7H13ClN2. The van der Waals surface area contributed by atoms with Crippen LogP contribution in [0.2, 0.25) is 0 Å². The SMILES string of the molecule is C=CN(CC)C(Cl)=CNC. The largest absolute Gasteiger partial charge is 0.392 e. The molecule has 0 amide bonds. The first kappa shape index (κ1) is 9.37. The van der Waals surface area contributed by atoms with E-state index in [-0.39, 0.29) is 0 Å². The Hall–Kier alpha value is -0.630. The van der Waals surface area contributed by atoms with E-state index in [9.17, 15) is 0 Å². The molecule has 0 saturated carbocycles. The summed E-state index contributed by atoms with van der Waals surface area (Å²) in [4.78, 5) is 1.83. The van der Waals surface area contributed by atoms with Gasteiger partial charge in [-0.3, -0.25) is 0 Å². The van der Waals surface area contributed by atoms with Crippen molar-refractivity contribution in [3.8, 4) is 0 Å². The van der Waals surface area contributed by atoms with E-state index in [1.165, 1.54) is 0 Å². The van der Waals surface area contributed by atoms with Gasteiger partial charge in [0, 0.05) is 19.8 Å². The monoisotopic (exact) mass is 160 g/mol. The number of nitrogens with zero attached hydrogens (tertiary/aromatic N) is 1. The third-order valence-electron chi connectivity index (χ3n) is 1.10. The third kappa shape index (κ3) is 2.78. The van der Waals surface area contributed by atoms with Crippen molar-refractivity contribution in [2.75, 3.05) is 13.6 Å². The molecule has 0 aromatic carbocycles. The molecule has 0 spiro atoms. The summed E-state index contributed by atoms with van der Waals surface area (Å²) >= 11 is 5.80. The molecule has 0 aromatic rings. The Balaban J connectivity index is 4.00.